The van der Waals surface area contributed by atoms with Crippen LogP contribution in [0.1, 0.15) is 56.6 Å². The van der Waals surface area contributed by atoms with Crippen LogP contribution in [0, 0.1) is 29.1 Å². The topological polar surface area (TPSA) is 9.23 Å². The summed E-state index contributed by atoms with van der Waals surface area (Å²) in [7, 11) is 0. The molecule has 1 saturated heterocycles. The van der Waals surface area contributed by atoms with Crippen LogP contribution in [0.15, 0.2) is 48.5 Å². The lowest BCUT2D eigenvalue weighted by Crippen LogP contribution is -2.25. The molecule has 4 rings (SSSR count). The Kier molecular flexibility index (Phi) is 7.70. The molecule has 35 heavy (non-hydrogen) atoms. The van der Waals surface area contributed by atoms with Crippen LogP contribution in [0.3, 0.4) is 0 Å². The fourth-order valence-corrected chi connectivity index (χ4v) is 4.70. The lowest BCUT2D eigenvalue weighted by Gasteiger charge is -2.29. The highest BCUT2D eigenvalue weighted by atomic mass is 19.2. The number of allylic oxidation sites excluding steroid dienone is 1. The lowest BCUT2D eigenvalue weighted by atomic mass is 9.88. The van der Waals surface area contributed by atoms with Gasteiger partial charge in [-0.3, -0.25) is 0 Å². The molecule has 0 amide bonds. The molecule has 2 unspecified atom stereocenters. The average molecular weight is 487 g/mol. The third-order valence-corrected chi connectivity index (χ3v) is 6.55. The van der Waals surface area contributed by atoms with Crippen molar-refractivity contribution >= 4 is 6.08 Å². The Hall–Kier alpha value is -2.99. The van der Waals surface area contributed by atoms with Gasteiger partial charge in [0.15, 0.2) is 23.3 Å². The van der Waals surface area contributed by atoms with Gasteiger partial charge in [0.05, 0.1) is 12.7 Å². The first-order valence-corrected chi connectivity index (χ1v) is 11.9. The Morgan fingerprint density at radius 2 is 1.40 bits per heavy atom. The number of halogens is 5. The molecule has 0 spiro atoms. The largest absolute Gasteiger partial charge is 0.378 e. The van der Waals surface area contributed by atoms with Gasteiger partial charge in [0.25, 0.3) is 0 Å². The second-order valence-electron chi connectivity index (χ2n) is 8.88. The Morgan fingerprint density at radius 1 is 0.800 bits per heavy atom. The zero-order valence-electron chi connectivity index (χ0n) is 19.7. The molecule has 1 aliphatic heterocycles. The van der Waals surface area contributed by atoms with Crippen LogP contribution in [0.4, 0.5) is 22.0 Å². The van der Waals surface area contributed by atoms with E-state index in [0.29, 0.717) is 12.0 Å². The van der Waals surface area contributed by atoms with E-state index >= 15 is 13.2 Å². The standard InChI is InChI=1S/C29H27F5O/c1-3-5-17-7-10-21(25(30)15-17)22-13-14-24(29(34)27(22)32)23-12-11-20(26(31)28(23)33)18-8-9-19(6-4-2)35-16-18/h3,5,7,10-15,18-19H,4,6,8-9,16H2,1-2H3/b5-3+. The lowest BCUT2D eigenvalue weighted by molar-refractivity contribution is -0.00181. The van der Waals surface area contributed by atoms with Gasteiger partial charge in [-0.05, 0) is 43.4 Å². The summed E-state index contributed by atoms with van der Waals surface area (Å²) in [5.41, 5.74) is -0.493. The van der Waals surface area contributed by atoms with Crippen LogP contribution in [0.25, 0.3) is 28.3 Å². The van der Waals surface area contributed by atoms with Gasteiger partial charge in [-0.15, -0.1) is 0 Å². The molecule has 1 aliphatic rings. The SMILES string of the molecule is C/C=C/c1ccc(-c2ccc(-c3ccc(C4CCC(CCC)OC4)c(F)c3F)c(F)c2F)c(F)c1. The maximum Gasteiger partial charge on any atom is 0.167 e. The summed E-state index contributed by atoms with van der Waals surface area (Å²) in [6.07, 6.45) is 6.87. The summed E-state index contributed by atoms with van der Waals surface area (Å²) < 4.78 is 80.4. The molecule has 0 radical (unpaired) electrons. The second-order valence-corrected chi connectivity index (χ2v) is 8.88. The van der Waals surface area contributed by atoms with Crippen LogP contribution in [-0.4, -0.2) is 12.7 Å². The molecule has 3 aromatic rings. The van der Waals surface area contributed by atoms with Crippen LogP contribution >= 0.6 is 0 Å². The van der Waals surface area contributed by atoms with E-state index in [1.165, 1.54) is 30.3 Å². The van der Waals surface area contributed by atoms with Crippen molar-refractivity contribution in [3.05, 3.63) is 88.8 Å². The van der Waals surface area contributed by atoms with Crippen molar-refractivity contribution in [3.63, 3.8) is 0 Å². The summed E-state index contributed by atoms with van der Waals surface area (Å²) in [6, 6.07) is 9.14. The maximum atomic E-state index is 15.0. The van der Waals surface area contributed by atoms with Gasteiger partial charge in [0.1, 0.15) is 5.82 Å². The molecule has 6 heteroatoms. The first-order chi connectivity index (χ1) is 16.8. The van der Waals surface area contributed by atoms with Gasteiger partial charge in [0.2, 0.25) is 0 Å². The number of rotatable bonds is 6. The molecule has 0 N–H and O–H groups in total. The molecule has 2 atom stereocenters. The molecule has 0 saturated carbocycles. The third kappa shape index (κ3) is 5.03. The highest BCUT2D eigenvalue weighted by Crippen LogP contribution is 2.38. The predicted octanol–water partition coefficient (Wildman–Crippen LogP) is 8.81. The van der Waals surface area contributed by atoms with Crippen molar-refractivity contribution in [2.45, 2.75) is 51.6 Å². The minimum atomic E-state index is -1.37. The quantitative estimate of drug-likeness (QED) is 0.316. The summed E-state index contributed by atoms with van der Waals surface area (Å²) in [5.74, 6) is -6.04. The Labute approximate surface area is 202 Å². The van der Waals surface area contributed by atoms with Crippen molar-refractivity contribution in [1.29, 1.82) is 0 Å². The third-order valence-electron chi connectivity index (χ3n) is 6.55. The molecule has 1 heterocycles. The molecule has 0 aliphatic carbocycles. The first kappa shape index (κ1) is 25.1. The Balaban J connectivity index is 1.65. The molecule has 1 fully saturated rings. The van der Waals surface area contributed by atoms with Crippen molar-refractivity contribution in [2.75, 3.05) is 6.61 Å². The minimum absolute atomic E-state index is 0.123. The monoisotopic (exact) mass is 486 g/mol. The minimum Gasteiger partial charge on any atom is -0.378 e. The summed E-state index contributed by atoms with van der Waals surface area (Å²) in [6.45, 7) is 4.13. The van der Waals surface area contributed by atoms with E-state index in [0.717, 1.165) is 25.3 Å². The second kappa shape index (κ2) is 10.7. The van der Waals surface area contributed by atoms with Gasteiger partial charge in [-0.2, -0.15) is 0 Å². The smallest absolute Gasteiger partial charge is 0.167 e. The van der Waals surface area contributed by atoms with E-state index in [2.05, 4.69) is 6.92 Å². The Morgan fingerprint density at radius 3 is 1.97 bits per heavy atom. The molecule has 3 aromatic carbocycles. The molecular formula is C29H27F5O. The van der Waals surface area contributed by atoms with Crippen molar-refractivity contribution in [3.8, 4) is 22.3 Å². The van der Waals surface area contributed by atoms with E-state index in [4.69, 9.17) is 4.74 Å². The van der Waals surface area contributed by atoms with Crippen LogP contribution in [0.2, 0.25) is 0 Å². The van der Waals surface area contributed by atoms with Crippen molar-refractivity contribution in [1.82, 2.24) is 0 Å². The first-order valence-electron chi connectivity index (χ1n) is 11.9. The average Bonchev–Trinajstić information content (AvgIpc) is 2.85. The highest BCUT2D eigenvalue weighted by Gasteiger charge is 2.28. The van der Waals surface area contributed by atoms with E-state index < -0.39 is 40.2 Å². The Bertz CT molecular complexity index is 1240. The predicted molar refractivity (Wildman–Crippen MR) is 128 cm³/mol. The van der Waals surface area contributed by atoms with Gasteiger partial charge in [-0.25, -0.2) is 22.0 Å². The zero-order valence-corrected chi connectivity index (χ0v) is 19.7. The molecule has 0 aromatic heterocycles. The van der Waals surface area contributed by atoms with E-state index in [9.17, 15) is 8.78 Å². The number of ether oxygens (including phenoxy) is 1. The number of hydrogen-bond acceptors (Lipinski definition) is 1. The fraction of sp³-hybridized carbons (Fsp3) is 0.310. The molecular weight excluding hydrogens is 459 g/mol. The van der Waals surface area contributed by atoms with Gasteiger partial charge in [0, 0.05) is 28.2 Å². The zero-order chi connectivity index (χ0) is 25.1. The molecule has 184 valence electrons. The molecule has 1 nitrogen and oxygen atoms in total. The van der Waals surface area contributed by atoms with Crippen LogP contribution < -0.4 is 0 Å². The highest BCUT2D eigenvalue weighted by molar-refractivity contribution is 5.73. The maximum absolute atomic E-state index is 15.0. The molecule has 0 bridgehead atoms. The van der Waals surface area contributed by atoms with E-state index in [1.807, 2.05) is 0 Å². The van der Waals surface area contributed by atoms with Gasteiger partial charge >= 0.3 is 0 Å². The number of hydrogen-bond donors (Lipinski definition) is 0. The van der Waals surface area contributed by atoms with Crippen LogP contribution in [0.5, 0.6) is 0 Å². The fourth-order valence-electron chi connectivity index (χ4n) is 4.70. The summed E-state index contributed by atoms with van der Waals surface area (Å²) in [5, 5.41) is 0. The summed E-state index contributed by atoms with van der Waals surface area (Å²) in [4.78, 5) is 0. The summed E-state index contributed by atoms with van der Waals surface area (Å²) >= 11 is 0. The van der Waals surface area contributed by atoms with Gasteiger partial charge < -0.3 is 4.74 Å². The number of benzene rings is 3. The van der Waals surface area contributed by atoms with E-state index in [-0.39, 0.29) is 35.3 Å². The van der Waals surface area contributed by atoms with Crippen molar-refractivity contribution < 1.29 is 26.7 Å². The van der Waals surface area contributed by atoms with Crippen molar-refractivity contribution in [2.24, 2.45) is 0 Å². The normalized spacial score (nSPS) is 18.4. The van der Waals surface area contributed by atoms with E-state index in [1.54, 1.807) is 25.1 Å². The van der Waals surface area contributed by atoms with Gasteiger partial charge in [-0.1, -0.05) is 61.9 Å². The van der Waals surface area contributed by atoms with Crippen LogP contribution in [-0.2, 0) is 4.74 Å².